The molecule has 2 bridgehead atoms. The highest BCUT2D eigenvalue weighted by Gasteiger charge is 2.84. The molecule has 7 atom stereocenters. The van der Waals surface area contributed by atoms with Gasteiger partial charge >= 0.3 is 11.9 Å². The van der Waals surface area contributed by atoms with Gasteiger partial charge in [0.05, 0.1) is 18.1 Å². The smallest absolute Gasteiger partial charge is 0.302 e. The van der Waals surface area contributed by atoms with E-state index in [0.717, 1.165) is 0 Å². The van der Waals surface area contributed by atoms with Gasteiger partial charge in [-0.1, -0.05) is 6.92 Å². The minimum absolute atomic E-state index is 0.190. The molecule has 2 heterocycles. The molecule has 1 N–H and O–H groups in total. The van der Waals surface area contributed by atoms with Gasteiger partial charge in [0.25, 0.3) is 0 Å². The lowest BCUT2D eigenvalue weighted by molar-refractivity contribution is -0.248. The van der Waals surface area contributed by atoms with Crippen molar-refractivity contribution in [3.05, 3.63) is 11.6 Å². The summed E-state index contributed by atoms with van der Waals surface area (Å²) in [5, 5.41) is 11.1. The van der Waals surface area contributed by atoms with Crippen LogP contribution in [0, 0.1) is 10.8 Å². The number of rotatable bonds is 3. The van der Waals surface area contributed by atoms with Crippen LogP contribution in [0.4, 0.5) is 0 Å². The topological polar surface area (TPSA) is 112 Å². The molecule has 4 rings (SSSR count). The number of ether oxygens (including phenoxy) is 4. The third-order valence-electron chi connectivity index (χ3n) is 6.98. The van der Waals surface area contributed by atoms with Crippen molar-refractivity contribution in [2.75, 3.05) is 13.2 Å². The van der Waals surface area contributed by atoms with Gasteiger partial charge in [-0.3, -0.25) is 14.4 Å². The number of hydrogen-bond donors (Lipinski definition) is 1. The fourth-order valence-corrected chi connectivity index (χ4v) is 5.49. The molecule has 0 aromatic heterocycles. The molecule has 0 radical (unpaired) electrons. The third kappa shape index (κ3) is 2.17. The summed E-state index contributed by atoms with van der Waals surface area (Å²) < 4.78 is 22.9. The second-order valence-electron chi connectivity index (χ2n) is 8.28. The molecule has 7 unspecified atom stereocenters. The number of hydrogen-bond acceptors (Lipinski definition) is 8. The SMILES string of the molecule is CC(=O)OCC12C(C=C(C)C(=O)C1O)OC1C(OC(C)=O)CC2(C)C12CO2. The normalized spacial score (nSPS) is 47.3. The fraction of sp³-hybridized carbons (Fsp3) is 0.737. The standard InChI is InChI=1S/C19H24O8/c1-9-5-13-18(7-24-10(2)20,15(23)14(9)22)17(4)6-12(26-11(3)21)16(27-13)19(17)8-25-19/h5,12-13,15-16,23H,6-8H2,1-4H3. The van der Waals surface area contributed by atoms with Crippen LogP contribution in [-0.2, 0) is 33.3 Å². The molecule has 1 saturated carbocycles. The van der Waals surface area contributed by atoms with E-state index in [1.54, 1.807) is 13.0 Å². The van der Waals surface area contributed by atoms with Crippen LogP contribution in [0.1, 0.15) is 34.1 Å². The third-order valence-corrected chi connectivity index (χ3v) is 6.98. The highest BCUT2D eigenvalue weighted by Crippen LogP contribution is 2.71. The van der Waals surface area contributed by atoms with Crippen LogP contribution in [0.5, 0.6) is 0 Å². The van der Waals surface area contributed by atoms with E-state index < -0.39 is 58.6 Å². The van der Waals surface area contributed by atoms with Gasteiger partial charge in [0, 0.05) is 19.3 Å². The maximum Gasteiger partial charge on any atom is 0.302 e. The molecule has 8 heteroatoms. The van der Waals surface area contributed by atoms with Gasteiger partial charge in [-0.15, -0.1) is 0 Å². The van der Waals surface area contributed by atoms with Crippen LogP contribution in [-0.4, -0.2) is 66.1 Å². The Bertz CT molecular complexity index is 753. The van der Waals surface area contributed by atoms with Crippen LogP contribution >= 0.6 is 0 Å². The minimum atomic E-state index is -1.42. The van der Waals surface area contributed by atoms with E-state index in [0.29, 0.717) is 18.6 Å². The first-order valence-corrected chi connectivity index (χ1v) is 9.10. The molecule has 1 spiro atoms. The average Bonchev–Trinajstić information content (AvgIpc) is 3.34. The zero-order valence-electron chi connectivity index (χ0n) is 15.8. The summed E-state index contributed by atoms with van der Waals surface area (Å²) in [6.07, 6.45) is -1.15. The Hall–Kier alpha value is -1.77. The Morgan fingerprint density at radius 1 is 1.33 bits per heavy atom. The molecule has 2 aliphatic heterocycles. The lowest BCUT2D eigenvalue weighted by Crippen LogP contribution is -2.70. The lowest BCUT2D eigenvalue weighted by atomic mass is 9.50. The van der Waals surface area contributed by atoms with Crippen molar-refractivity contribution in [3.8, 4) is 0 Å². The van der Waals surface area contributed by atoms with Gasteiger partial charge in [0.15, 0.2) is 5.78 Å². The number of ketones is 1. The number of aliphatic hydroxyl groups excluding tert-OH is 1. The first kappa shape index (κ1) is 18.6. The summed E-state index contributed by atoms with van der Waals surface area (Å²) in [5.74, 6) is -1.37. The summed E-state index contributed by atoms with van der Waals surface area (Å²) >= 11 is 0. The summed E-state index contributed by atoms with van der Waals surface area (Å²) in [5.41, 5.74) is -2.41. The van der Waals surface area contributed by atoms with E-state index in [1.807, 2.05) is 6.92 Å². The highest BCUT2D eigenvalue weighted by molar-refractivity contribution is 6.00. The number of Topliss-reactive ketones (excluding diaryl/α,β-unsaturated/α-hetero) is 1. The minimum Gasteiger partial charge on any atom is -0.465 e. The quantitative estimate of drug-likeness (QED) is 0.550. The number of fused-ring (bicyclic) bond motifs is 2. The van der Waals surface area contributed by atoms with Crippen LogP contribution in [0.3, 0.4) is 0 Å². The van der Waals surface area contributed by atoms with Gasteiger partial charge in [-0.25, -0.2) is 0 Å². The van der Waals surface area contributed by atoms with Gasteiger partial charge in [0.1, 0.15) is 30.5 Å². The first-order valence-electron chi connectivity index (χ1n) is 9.10. The first-order chi connectivity index (χ1) is 12.6. The highest BCUT2D eigenvalue weighted by atomic mass is 16.7. The second-order valence-corrected chi connectivity index (χ2v) is 8.28. The Morgan fingerprint density at radius 3 is 2.56 bits per heavy atom. The van der Waals surface area contributed by atoms with Gasteiger partial charge < -0.3 is 24.1 Å². The van der Waals surface area contributed by atoms with E-state index >= 15 is 0 Å². The Kier molecular flexibility index (Phi) is 3.87. The summed E-state index contributed by atoms with van der Waals surface area (Å²) in [6.45, 7) is 6.30. The molecule has 0 aromatic carbocycles. The van der Waals surface area contributed by atoms with Crippen LogP contribution in [0.2, 0.25) is 0 Å². The van der Waals surface area contributed by atoms with Crippen molar-refractivity contribution < 1.29 is 38.4 Å². The number of carbonyl (C=O) groups is 3. The Morgan fingerprint density at radius 2 is 2.00 bits per heavy atom. The molecular formula is C19H24O8. The summed E-state index contributed by atoms with van der Waals surface area (Å²) in [4.78, 5) is 35.9. The summed E-state index contributed by atoms with van der Waals surface area (Å²) in [6, 6.07) is 0. The lowest BCUT2D eigenvalue weighted by Gasteiger charge is -2.58. The van der Waals surface area contributed by atoms with E-state index in [9.17, 15) is 19.5 Å². The molecule has 0 aromatic rings. The molecule has 4 aliphatic rings. The second kappa shape index (κ2) is 5.62. The molecule has 2 aliphatic carbocycles. The van der Waals surface area contributed by atoms with Gasteiger partial charge in [-0.05, 0) is 25.0 Å². The van der Waals surface area contributed by atoms with E-state index in [4.69, 9.17) is 18.9 Å². The van der Waals surface area contributed by atoms with Gasteiger partial charge in [0.2, 0.25) is 0 Å². The number of esters is 2. The zero-order chi connectivity index (χ0) is 19.8. The molecular weight excluding hydrogens is 356 g/mol. The monoisotopic (exact) mass is 380 g/mol. The largest absolute Gasteiger partial charge is 0.465 e. The predicted octanol–water partition coefficient (Wildman–Crippen LogP) is 0.304. The van der Waals surface area contributed by atoms with Crippen LogP contribution < -0.4 is 0 Å². The number of epoxide rings is 1. The average molecular weight is 380 g/mol. The van der Waals surface area contributed by atoms with Crippen molar-refractivity contribution >= 4 is 17.7 Å². The zero-order valence-corrected chi connectivity index (χ0v) is 15.8. The number of aliphatic hydroxyl groups is 1. The van der Waals surface area contributed by atoms with Crippen LogP contribution in [0.25, 0.3) is 0 Å². The fourth-order valence-electron chi connectivity index (χ4n) is 5.49. The molecule has 27 heavy (non-hydrogen) atoms. The van der Waals surface area contributed by atoms with Crippen molar-refractivity contribution in [2.45, 2.75) is 64.1 Å². The van der Waals surface area contributed by atoms with Gasteiger partial charge in [-0.2, -0.15) is 0 Å². The van der Waals surface area contributed by atoms with Crippen molar-refractivity contribution in [2.24, 2.45) is 10.8 Å². The molecule has 148 valence electrons. The predicted molar refractivity (Wildman–Crippen MR) is 89.5 cm³/mol. The van der Waals surface area contributed by atoms with Crippen molar-refractivity contribution in [1.82, 2.24) is 0 Å². The summed E-state index contributed by atoms with van der Waals surface area (Å²) in [7, 11) is 0. The molecule has 3 fully saturated rings. The van der Waals surface area contributed by atoms with Crippen molar-refractivity contribution in [1.29, 1.82) is 0 Å². The Labute approximate surface area is 156 Å². The van der Waals surface area contributed by atoms with E-state index in [1.165, 1.54) is 13.8 Å². The maximum absolute atomic E-state index is 12.7. The molecule has 2 saturated heterocycles. The van der Waals surface area contributed by atoms with E-state index in [-0.39, 0.29) is 6.61 Å². The Balaban J connectivity index is 1.86. The molecule has 0 amide bonds. The number of carbonyl (C=O) groups excluding carboxylic acids is 3. The van der Waals surface area contributed by atoms with Crippen molar-refractivity contribution in [3.63, 3.8) is 0 Å². The molecule has 8 nitrogen and oxygen atoms in total. The van der Waals surface area contributed by atoms with E-state index in [2.05, 4.69) is 0 Å². The van der Waals surface area contributed by atoms with Crippen LogP contribution in [0.15, 0.2) is 11.6 Å². The maximum atomic E-state index is 12.7.